The van der Waals surface area contributed by atoms with Crippen molar-refractivity contribution < 1.29 is 4.43 Å². The van der Waals surface area contributed by atoms with Gasteiger partial charge in [-0.25, -0.2) is 0 Å². The first-order valence-electron chi connectivity index (χ1n) is 5.78. The molecule has 0 aliphatic heterocycles. The summed E-state index contributed by atoms with van der Waals surface area (Å²) in [5, 5.41) is 0. The zero-order valence-corrected chi connectivity index (χ0v) is 13.9. The zero-order valence-electron chi connectivity index (χ0n) is 10.8. The van der Waals surface area contributed by atoms with E-state index in [0.29, 0.717) is 0 Å². The van der Waals surface area contributed by atoms with Gasteiger partial charge in [-0.2, -0.15) is 0 Å². The number of hydrogen-bond donors (Lipinski definition) is 0. The van der Waals surface area contributed by atoms with Crippen molar-refractivity contribution in [3.63, 3.8) is 0 Å². The van der Waals surface area contributed by atoms with Crippen LogP contribution < -0.4 is 0 Å². The summed E-state index contributed by atoms with van der Waals surface area (Å²) in [6, 6.07) is 0. The van der Waals surface area contributed by atoms with Crippen LogP contribution in [0, 0.1) is 0 Å². The fourth-order valence-corrected chi connectivity index (χ4v) is 3.70. The molecule has 0 fully saturated rings. The molecule has 0 aromatic carbocycles. The van der Waals surface area contributed by atoms with Crippen LogP contribution in [0.1, 0.15) is 39.5 Å². The van der Waals surface area contributed by atoms with Gasteiger partial charge in [0.2, 0.25) is 0 Å². The van der Waals surface area contributed by atoms with Crippen LogP contribution in [0.25, 0.3) is 0 Å². The standard InChI is InChI=1S/C12H25IOSi/c1-6-7-9-12(2,10-8-11-13)14-15(3,4)5/h8,11H,6-7,9-10H2,1-5H3/b11-8+/t12-/m0/s1. The molecule has 0 N–H and O–H groups in total. The summed E-state index contributed by atoms with van der Waals surface area (Å²) >= 11 is 2.28. The van der Waals surface area contributed by atoms with Gasteiger partial charge in [-0.05, 0) is 43.5 Å². The highest BCUT2D eigenvalue weighted by molar-refractivity contribution is 14.1. The first-order valence-corrected chi connectivity index (χ1v) is 10.4. The second-order valence-corrected chi connectivity index (χ2v) is 10.5. The maximum atomic E-state index is 6.31. The van der Waals surface area contributed by atoms with E-state index in [4.69, 9.17) is 4.43 Å². The van der Waals surface area contributed by atoms with Crippen molar-refractivity contribution in [2.45, 2.75) is 64.8 Å². The lowest BCUT2D eigenvalue weighted by atomic mass is 9.96. The average Bonchev–Trinajstić information content (AvgIpc) is 2.09. The van der Waals surface area contributed by atoms with Gasteiger partial charge in [0.05, 0.1) is 5.60 Å². The highest BCUT2D eigenvalue weighted by Gasteiger charge is 2.29. The van der Waals surface area contributed by atoms with Crippen LogP contribution in [-0.2, 0) is 4.43 Å². The van der Waals surface area contributed by atoms with Gasteiger partial charge in [0, 0.05) is 0 Å². The minimum absolute atomic E-state index is 0.0577. The van der Waals surface area contributed by atoms with Gasteiger partial charge in [-0.1, -0.05) is 48.4 Å². The molecule has 1 nitrogen and oxygen atoms in total. The monoisotopic (exact) mass is 340 g/mol. The Morgan fingerprint density at radius 1 is 1.33 bits per heavy atom. The molecule has 0 aromatic heterocycles. The molecule has 0 heterocycles. The maximum absolute atomic E-state index is 6.31. The van der Waals surface area contributed by atoms with Crippen LogP contribution in [0.15, 0.2) is 10.2 Å². The minimum atomic E-state index is -1.43. The van der Waals surface area contributed by atoms with Crippen molar-refractivity contribution in [2.75, 3.05) is 0 Å². The van der Waals surface area contributed by atoms with Crippen LogP contribution in [0.4, 0.5) is 0 Å². The van der Waals surface area contributed by atoms with Crippen LogP contribution in [0.5, 0.6) is 0 Å². The predicted molar refractivity (Wildman–Crippen MR) is 80.1 cm³/mol. The van der Waals surface area contributed by atoms with E-state index in [1.807, 2.05) is 0 Å². The summed E-state index contributed by atoms with van der Waals surface area (Å²) in [5.74, 6) is 0. The normalized spacial score (nSPS) is 16.9. The van der Waals surface area contributed by atoms with Crippen molar-refractivity contribution in [3.05, 3.63) is 10.2 Å². The summed E-state index contributed by atoms with van der Waals surface area (Å²) in [7, 11) is -1.43. The molecule has 0 bridgehead atoms. The summed E-state index contributed by atoms with van der Waals surface area (Å²) in [4.78, 5) is 0. The summed E-state index contributed by atoms with van der Waals surface area (Å²) in [5.41, 5.74) is 0.0577. The van der Waals surface area contributed by atoms with Crippen molar-refractivity contribution in [2.24, 2.45) is 0 Å². The first kappa shape index (κ1) is 15.6. The van der Waals surface area contributed by atoms with Gasteiger partial charge in [0.25, 0.3) is 0 Å². The van der Waals surface area contributed by atoms with Crippen molar-refractivity contribution in [3.8, 4) is 0 Å². The van der Waals surface area contributed by atoms with Gasteiger partial charge in [-0.3, -0.25) is 0 Å². The molecule has 1 atom stereocenters. The van der Waals surface area contributed by atoms with E-state index >= 15 is 0 Å². The van der Waals surface area contributed by atoms with Crippen LogP contribution in [0.2, 0.25) is 19.6 Å². The quantitative estimate of drug-likeness (QED) is 0.461. The van der Waals surface area contributed by atoms with Gasteiger partial charge in [-0.15, -0.1) is 0 Å². The molecule has 0 radical (unpaired) electrons. The van der Waals surface area contributed by atoms with Crippen LogP contribution in [-0.4, -0.2) is 13.9 Å². The summed E-state index contributed by atoms with van der Waals surface area (Å²) in [6.07, 6.45) is 6.94. The first-order chi connectivity index (χ1) is 6.83. The van der Waals surface area contributed by atoms with E-state index in [-0.39, 0.29) is 5.60 Å². The highest BCUT2D eigenvalue weighted by atomic mass is 127. The Morgan fingerprint density at radius 3 is 2.33 bits per heavy atom. The van der Waals surface area contributed by atoms with Gasteiger partial charge >= 0.3 is 0 Å². The second-order valence-electron chi connectivity index (χ2n) is 5.33. The fourth-order valence-electron chi connectivity index (χ4n) is 1.78. The largest absolute Gasteiger partial charge is 0.412 e. The second kappa shape index (κ2) is 7.07. The molecule has 3 heteroatoms. The third kappa shape index (κ3) is 8.45. The third-order valence-corrected chi connectivity index (χ3v) is 3.86. The number of rotatable bonds is 7. The molecule has 0 aromatic rings. The SMILES string of the molecule is CCCC[C@@](C)(C/C=C/I)O[Si](C)(C)C. The molecule has 0 aliphatic rings. The molecule has 0 unspecified atom stereocenters. The number of halogens is 1. The average molecular weight is 340 g/mol. The molecule has 0 aliphatic carbocycles. The lowest BCUT2D eigenvalue weighted by molar-refractivity contribution is 0.0716. The van der Waals surface area contributed by atoms with Gasteiger partial charge < -0.3 is 4.43 Å². The Morgan fingerprint density at radius 2 is 1.93 bits per heavy atom. The van der Waals surface area contributed by atoms with E-state index in [9.17, 15) is 0 Å². The summed E-state index contributed by atoms with van der Waals surface area (Å²) in [6.45, 7) is 11.3. The van der Waals surface area contributed by atoms with Gasteiger partial charge in [0.15, 0.2) is 8.32 Å². The number of unbranched alkanes of at least 4 members (excludes halogenated alkanes) is 1. The Balaban J connectivity index is 4.39. The van der Waals surface area contributed by atoms with E-state index in [2.05, 4.69) is 66.2 Å². The summed E-state index contributed by atoms with van der Waals surface area (Å²) < 4.78 is 8.41. The van der Waals surface area contributed by atoms with E-state index in [1.165, 1.54) is 19.3 Å². The van der Waals surface area contributed by atoms with E-state index in [0.717, 1.165) is 6.42 Å². The Kier molecular flexibility index (Phi) is 7.37. The Bertz CT molecular complexity index is 198. The highest BCUT2D eigenvalue weighted by Crippen LogP contribution is 2.27. The maximum Gasteiger partial charge on any atom is 0.184 e. The topological polar surface area (TPSA) is 9.23 Å². The molecule has 15 heavy (non-hydrogen) atoms. The van der Waals surface area contributed by atoms with Crippen molar-refractivity contribution in [1.29, 1.82) is 0 Å². The molecule has 0 rings (SSSR count). The zero-order chi connectivity index (χ0) is 11.9. The predicted octanol–water partition coefficient (Wildman–Crippen LogP) is 5.13. The van der Waals surface area contributed by atoms with E-state index in [1.54, 1.807) is 0 Å². The molecule has 0 saturated carbocycles. The molecule has 0 saturated heterocycles. The Hall–Kier alpha value is 0.647. The fraction of sp³-hybridized carbons (Fsp3) is 0.833. The lowest BCUT2D eigenvalue weighted by Crippen LogP contribution is -2.40. The molecule has 0 spiro atoms. The minimum Gasteiger partial charge on any atom is -0.412 e. The molecular weight excluding hydrogens is 315 g/mol. The van der Waals surface area contributed by atoms with Crippen molar-refractivity contribution >= 4 is 30.9 Å². The van der Waals surface area contributed by atoms with Gasteiger partial charge in [0.1, 0.15) is 0 Å². The van der Waals surface area contributed by atoms with Crippen molar-refractivity contribution in [1.82, 2.24) is 0 Å². The van der Waals surface area contributed by atoms with E-state index < -0.39 is 8.32 Å². The molecular formula is C12H25IOSi. The lowest BCUT2D eigenvalue weighted by Gasteiger charge is -2.36. The molecule has 90 valence electrons. The van der Waals surface area contributed by atoms with Crippen LogP contribution in [0.3, 0.4) is 0 Å². The smallest absolute Gasteiger partial charge is 0.184 e. The Labute approximate surface area is 110 Å². The van der Waals surface area contributed by atoms with Crippen LogP contribution >= 0.6 is 22.6 Å². The third-order valence-electron chi connectivity index (χ3n) is 2.25. The molecule has 0 amide bonds. The number of hydrogen-bond acceptors (Lipinski definition) is 1.